The molecule has 0 aliphatic rings. The van der Waals surface area contributed by atoms with Crippen LogP contribution in [0.4, 0.5) is 11.4 Å². The lowest BCUT2D eigenvalue weighted by atomic mass is 10.1. The van der Waals surface area contributed by atoms with Gasteiger partial charge < -0.3 is 15.4 Å². The van der Waals surface area contributed by atoms with E-state index < -0.39 is 5.97 Å². The van der Waals surface area contributed by atoms with Crippen LogP contribution in [0.5, 0.6) is 0 Å². The Kier molecular flexibility index (Phi) is 4.84. The number of nitrogen functional groups attached to an aromatic ring is 1. The van der Waals surface area contributed by atoms with Crippen LogP contribution in [0.1, 0.15) is 31.1 Å². The van der Waals surface area contributed by atoms with Crippen LogP contribution in [0, 0.1) is 0 Å². The van der Waals surface area contributed by atoms with E-state index in [2.05, 4.69) is 0 Å². The number of methoxy groups -OCH3 is 1. The number of carbonyl (C=O) groups excluding carboxylic acids is 1. The second kappa shape index (κ2) is 5.96. The van der Waals surface area contributed by atoms with Gasteiger partial charge in [0.15, 0.2) is 0 Å². The van der Waals surface area contributed by atoms with E-state index in [4.69, 9.17) is 22.1 Å². The van der Waals surface area contributed by atoms with Crippen LogP contribution < -0.4 is 10.6 Å². The Morgan fingerprint density at radius 1 is 1.50 bits per heavy atom. The zero-order valence-corrected chi connectivity index (χ0v) is 11.9. The van der Waals surface area contributed by atoms with Crippen LogP contribution in [0.2, 0.25) is 5.02 Å². The fourth-order valence-corrected chi connectivity index (χ4v) is 2.30. The average molecular weight is 271 g/mol. The molecule has 0 radical (unpaired) electrons. The average Bonchev–Trinajstić information content (AvgIpc) is 2.30. The van der Waals surface area contributed by atoms with E-state index in [0.29, 0.717) is 22.0 Å². The van der Waals surface area contributed by atoms with Gasteiger partial charge in [-0.05, 0) is 32.9 Å². The number of esters is 1. The smallest absolute Gasteiger partial charge is 0.340 e. The van der Waals surface area contributed by atoms with Crippen molar-refractivity contribution < 1.29 is 9.53 Å². The summed E-state index contributed by atoms with van der Waals surface area (Å²) in [6, 6.07) is 3.46. The Morgan fingerprint density at radius 3 is 2.56 bits per heavy atom. The first kappa shape index (κ1) is 14.6. The monoisotopic (exact) mass is 270 g/mol. The molecular weight excluding hydrogens is 252 g/mol. The predicted molar refractivity (Wildman–Crippen MR) is 75.4 cm³/mol. The molecule has 0 unspecified atom stereocenters. The quantitative estimate of drug-likeness (QED) is 0.675. The summed E-state index contributed by atoms with van der Waals surface area (Å²) in [6.45, 7) is 6.83. The third-order valence-electron chi connectivity index (χ3n) is 2.74. The number of nitrogens with zero attached hydrogens (tertiary/aromatic N) is 1. The summed E-state index contributed by atoms with van der Waals surface area (Å²) >= 11 is 6.22. The molecule has 0 atom stereocenters. The van der Waals surface area contributed by atoms with Crippen molar-refractivity contribution in [2.24, 2.45) is 0 Å². The number of ether oxygens (including phenoxy) is 1. The first-order valence-electron chi connectivity index (χ1n) is 5.86. The molecule has 0 amide bonds. The highest BCUT2D eigenvalue weighted by molar-refractivity contribution is 6.34. The van der Waals surface area contributed by atoms with Crippen LogP contribution in [0.15, 0.2) is 12.1 Å². The minimum atomic E-state index is -0.432. The minimum Gasteiger partial charge on any atom is -0.465 e. The molecule has 2 N–H and O–H groups in total. The lowest BCUT2D eigenvalue weighted by molar-refractivity contribution is 0.0601. The van der Waals surface area contributed by atoms with Crippen molar-refractivity contribution in [3.63, 3.8) is 0 Å². The maximum atomic E-state index is 11.8. The summed E-state index contributed by atoms with van der Waals surface area (Å²) in [5, 5.41) is 0.464. The number of rotatable bonds is 4. The zero-order valence-electron chi connectivity index (χ0n) is 11.2. The largest absolute Gasteiger partial charge is 0.465 e. The van der Waals surface area contributed by atoms with Crippen molar-refractivity contribution in [1.29, 1.82) is 0 Å². The summed E-state index contributed by atoms with van der Waals surface area (Å²) in [4.78, 5) is 13.9. The van der Waals surface area contributed by atoms with E-state index in [-0.39, 0.29) is 6.04 Å². The molecule has 4 nitrogen and oxygen atoms in total. The predicted octanol–water partition coefficient (Wildman–Crippen LogP) is 2.94. The van der Waals surface area contributed by atoms with Gasteiger partial charge in [0.1, 0.15) is 0 Å². The highest BCUT2D eigenvalue weighted by atomic mass is 35.5. The Bertz CT molecular complexity index is 447. The van der Waals surface area contributed by atoms with Crippen molar-refractivity contribution in [2.75, 3.05) is 24.3 Å². The Hall–Kier alpha value is -1.42. The number of hydrogen-bond donors (Lipinski definition) is 1. The van der Waals surface area contributed by atoms with E-state index in [0.717, 1.165) is 6.54 Å². The molecule has 0 spiro atoms. The van der Waals surface area contributed by atoms with E-state index in [9.17, 15) is 4.79 Å². The highest BCUT2D eigenvalue weighted by Gasteiger charge is 2.22. The summed E-state index contributed by atoms with van der Waals surface area (Å²) in [5.74, 6) is -0.432. The third kappa shape index (κ3) is 2.88. The van der Waals surface area contributed by atoms with Crippen LogP contribution >= 0.6 is 11.6 Å². The molecule has 1 rings (SSSR count). The summed E-state index contributed by atoms with van der Waals surface area (Å²) in [6.07, 6.45) is 0. The molecule has 1 aromatic carbocycles. The van der Waals surface area contributed by atoms with Crippen LogP contribution in [0.3, 0.4) is 0 Å². The molecule has 0 saturated heterocycles. The first-order chi connectivity index (χ1) is 8.42. The number of anilines is 2. The maximum Gasteiger partial charge on any atom is 0.340 e. The van der Waals surface area contributed by atoms with Crippen LogP contribution in [0.25, 0.3) is 0 Å². The Labute approximate surface area is 113 Å². The van der Waals surface area contributed by atoms with Gasteiger partial charge in [0.05, 0.1) is 23.4 Å². The van der Waals surface area contributed by atoms with Gasteiger partial charge in [-0.3, -0.25) is 0 Å². The van der Waals surface area contributed by atoms with E-state index in [1.54, 1.807) is 12.1 Å². The molecule has 0 bridgehead atoms. The third-order valence-corrected chi connectivity index (χ3v) is 3.03. The molecular formula is C13H19ClN2O2. The van der Waals surface area contributed by atoms with Crippen molar-refractivity contribution in [1.82, 2.24) is 0 Å². The fraction of sp³-hybridized carbons (Fsp3) is 0.462. The topological polar surface area (TPSA) is 55.6 Å². The number of nitrogens with two attached hydrogens (primary N) is 1. The summed E-state index contributed by atoms with van der Waals surface area (Å²) < 4.78 is 4.78. The van der Waals surface area contributed by atoms with Gasteiger partial charge in [-0.15, -0.1) is 0 Å². The minimum absolute atomic E-state index is 0.222. The number of benzene rings is 1. The lowest BCUT2D eigenvalue weighted by Crippen LogP contribution is -2.32. The van der Waals surface area contributed by atoms with E-state index in [1.807, 2.05) is 25.7 Å². The van der Waals surface area contributed by atoms with Crippen molar-refractivity contribution in [3.05, 3.63) is 22.7 Å². The van der Waals surface area contributed by atoms with Gasteiger partial charge in [-0.25, -0.2) is 4.79 Å². The van der Waals surface area contributed by atoms with E-state index in [1.165, 1.54) is 7.11 Å². The number of carbonyl (C=O) groups is 1. The number of hydrogen-bond acceptors (Lipinski definition) is 4. The second-order valence-corrected chi connectivity index (χ2v) is 4.68. The van der Waals surface area contributed by atoms with Crippen molar-refractivity contribution in [3.8, 4) is 0 Å². The standard InChI is InChI=1S/C13H19ClN2O2/c1-5-16(8(2)3)12-10(13(17)18-4)6-9(15)7-11(12)14/h6-8H,5,15H2,1-4H3. The van der Waals surface area contributed by atoms with Crippen LogP contribution in [-0.4, -0.2) is 25.7 Å². The molecule has 100 valence electrons. The molecule has 0 aromatic heterocycles. The SMILES string of the molecule is CCN(c1c(Cl)cc(N)cc1C(=O)OC)C(C)C. The molecule has 18 heavy (non-hydrogen) atoms. The summed E-state index contributed by atoms with van der Waals surface area (Å²) in [7, 11) is 1.34. The van der Waals surface area contributed by atoms with Gasteiger partial charge >= 0.3 is 5.97 Å². The maximum absolute atomic E-state index is 11.8. The van der Waals surface area contributed by atoms with Gasteiger partial charge in [-0.2, -0.15) is 0 Å². The second-order valence-electron chi connectivity index (χ2n) is 4.27. The summed E-state index contributed by atoms with van der Waals surface area (Å²) in [5.41, 5.74) is 7.25. The lowest BCUT2D eigenvalue weighted by Gasteiger charge is -2.30. The van der Waals surface area contributed by atoms with Crippen LogP contribution in [-0.2, 0) is 4.74 Å². The van der Waals surface area contributed by atoms with Crippen molar-refractivity contribution in [2.45, 2.75) is 26.8 Å². The zero-order chi connectivity index (χ0) is 13.9. The van der Waals surface area contributed by atoms with Gasteiger partial charge in [-0.1, -0.05) is 11.6 Å². The van der Waals surface area contributed by atoms with Gasteiger partial charge in [0, 0.05) is 18.3 Å². The highest BCUT2D eigenvalue weighted by Crippen LogP contribution is 2.34. The molecule has 0 aliphatic carbocycles. The van der Waals surface area contributed by atoms with Gasteiger partial charge in [0.25, 0.3) is 0 Å². The molecule has 0 heterocycles. The molecule has 0 fully saturated rings. The molecule has 0 aliphatic heterocycles. The number of halogens is 1. The Balaban J connectivity index is 3.44. The van der Waals surface area contributed by atoms with E-state index >= 15 is 0 Å². The normalized spacial score (nSPS) is 10.6. The molecule has 0 saturated carbocycles. The molecule has 5 heteroatoms. The van der Waals surface area contributed by atoms with Crippen molar-refractivity contribution >= 4 is 28.9 Å². The fourth-order valence-electron chi connectivity index (χ4n) is 1.96. The molecule has 1 aromatic rings. The first-order valence-corrected chi connectivity index (χ1v) is 6.24. The Morgan fingerprint density at radius 2 is 2.11 bits per heavy atom. The van der Waals surface area contributed by atoms with Gasteiger partial charge in [0.2, 0.25) is 0 Å².